The van der Waals surface area contributed by atoms with Crippen molar-refractivity contribution in [3.05, 3.63) is 0 Å². The maximum absolute atomic E-state index is 10.1. The van der Waals surface area contributed by atoms with E-state index in [0.717, 1.165) is 0 Å². The van der Waals surface area contributed by atoms with Crippen LogP contribution in [0.15, 0.2) is 0 Å². The molecule has 0 saturated heterocycles. The molecular formula is C5H13NO5S. The molecule has 0 aromatic carbocycles. The Morgan fingerprint density at radius 1 is 1.50 bits per heavy atom. The normalized spacial score (nSPS) is 10.2. The van der Waals surface area contributed by atoms with Crippen molar-refractivity contribution in [3.63, 3.8) is 0 Å². The third-order valence-electron chi connectivity index (χ3n) is 0.852. The van der Waals surface area contributed by atoms with Gasteiger partial charge in [-0.05, 0) is 6.42 Å². The van der Waals surface area contributed by atoms with E-state index in [1.54, 1.807) is 0 Å². The maximum atomic E-state index is 10.1. The minimum Gasteiger partial charge on any atom is -0.466 e. The molecule has 0 aromatic heterocycles. The van der Waals surface area contributed by atoms with Crippen molar-refractivity contribution < 1.29 is 22.5 Å². The molecule has 0 bridgehead atoms. The molecule has 0 radical (unpaired) electrons. The van der Waals surface area contributed by atoms with Crippen molar-refractivity contribution in [1.82, 2.24) is 6.15 Å². The summed E-state index contributed by atoms with van der Waals surface area (Å²) in [5, 5.41) is 0. The summed E-state index contributed by atoms with van der Waals surface area (Å²) in [5.41, 5.74) is 0. The second kappa shape index (κ2) is 5.92. The summed E-state index contributed by atoms with van der Waals surface area (Å²) < 4.78 is 32.8. The number of esters is 1. The summed E-state index contributed by atoms with van der Waals surface area (Å²) >= 11 is 0. The molecule has 0 rings (SSSR count). The zero-order valence-electron chi connectivity index (χ0n) is 6.82. The van der Waals surface area contributed by atoms with Gasteiger partial charge < -0.3 is 10.9 Å². The third kappa shape index (κ3) is 12.1. The first-order valence-corrected chi connectivity index (χ1v) is 4.61. The first kappa shape index (κ1) is 13.9. The van der Waals surface area contributed by atoms with Crippen LogP contribution in [0.4, 0.5) is 0 Å². The van der Waals surface area contributed by atoms with Crippen molar-refractivity contribution in [2.24, 2.45) is 0 Å². The fourth-order valence-electron chi connectivity index (χ4n) is 0.457. The first-order chi connectivity index (χ1) is 4.92. The molecule has 0 aliphatic rings. The van der Waals surface area contributed by atoms with Gasteiger partial charge in [0.2, 0.25) is 0 Å². The molecule has 0 amide bonds. The monoisotopic (exact) mass is 199 g/mol. The van der Waals surface area contributed by atoms with E-state index in [4.69, 9.17) is 4.55 Å². The number of carbonyl (C=O) groups excluding carboxylic acids is 1. The standard InChI is InChI=1S/C5H10O5S.H3N/c1-5(6)10-3-2-4-11(7,8)9;/h2-4H2,1H3,(H,7,8,9);1H3. The predicted octanol–water partition coefficient (Wildman–Crippen LogP) is -0.0106. The van der Waals surface area contributed by atoms with Gasteiger partial charge in [-0.1, -0.05) is 0 Å². The van der Waals surface area contributed by atoms with Gasteiger partial charge in [0.15, 0.2) is 0 Å². The van der Waals surface area contributed by atoms with Crippen molar-refractivity contribution in [2.45, 2.75) is 13.3 Å². The Balaban J connectivity index is 0. The van der Waals surface area contributed by atoms with Crippen LogP contribution in [0.1, 0.15) is 13.3 Å². The summed E-state index contributed by atoms with van der Waals surface area (Å²) in [6.07, 6.45) is 0.123. The second-order valence-electron chi connectivity index (χ2n) is 1.98. The van der Waals surface area contributed by atoms with Crippen molar-refractivity contribution in [1.29, 1.82) is 0 Å². The lowest BCUT2D eigenvalue weighted by atomic mass is 10.5. The van der Waals surface area contributed by atoms with Crippen LogP contribution in [-0.4, -0.2) is 31.3 Å². The van der Waals surface area contributed by atoms with Gasteiger partial charge in [0.25, 0.3) is 10.1 Å². The maximum Gasteiger partial charge on any atom is 0.302 e. The zero-order valence-corrected chi connectivity index (χ0v) is 7.63. The van der Waals surface area contributed by atoms with Gasteiger partial charge in [-0.15, -0.1) is 0 Å². The minimum atomic E-state index is -3.91. The fourth-order valence-corrected chi connectivity index (χ4v) is 0.940. The largest absolute Gasteiger partial charge is 0.466 e. The number of ether oxygens (including phenoxy) is 1. The number of hydrogen-bond acceptors (Lipinski definition) is 5. The molecule has 0 aliphatic carbocycles. The lowest BCUT2D eigenvalue weighted by Crippen LogP contribution is -2.08. The highest BCUT2D eigenvalue weighted by molar-refractivity contribution is 7.85. The van der Waals surface area contributed by atoms with Gasteiger partial charge in [-0.25, -0.2) is 0 Å². The van der Waals surface area contributed by atoms with Crippen molar-refractivity contribution in [3.8, 4) is 0 Å². The van der Waals surface area contributed by atoms with Crippen molar-refractivity contribution in [2.75, 3.05) is 12.4 Å². The molecular weight excluding hydrogens is 186 g/mol. The van der Waals surface area contributed by atoms with Gasteiger partial charge in [0, 0.05) is 6.92 Å². The molecule has 0 heterocycles. The molecule has 0 aromatic rings. The second-order valence-corrected chi connectivity index (χ2v) is 3.55. The van der Waals surface area contributed by atoms with Crippen LogP contribution >= 0.6 is 0 Å². The topological polar surface area (TPSA) is 116 Å². The molecule has 12 heavy (non-hydrogen) atoms. The van der Waals surface area contributed by atoms with E-state index in [1.165, 1.54) is 6.92 Å². The SMILES string of the molecule is CC(=O)OCCCS(=O)(=O)O.N. The summed E-state index contributed by atoms with van der Waals surface area (Å²) in [6.45, 7) is 1.25. The van der Waals surface area contributed by atoms with Crippen LogP contribution in [0.25, 0.3) is 0 Å². The van der Waals surface area contributed by atoms with E-state index in [2.05, 4.69) is 4.74 Å². The Bertz CT molecular complexity index is 222. The van der Waals surface area contributed by atoms with Crippen LogP contribution in [0.3, 0.4) is 0 Å². The first-order valence-electron chi connectivity index (χ1n) is 3.00. The summed E-state index contributed by atoms with van der Waals surface area (Å²) in [7, 11) is -3.91. The van der Waals surface area contributed by atoms with Gasteiger partial charge in [0.1, 0.15) is 0 Å². The molecule has 0 aliphatic heterocycles. The Morgan fingerprint density at radius 3 is 2.33 bits per heavy atom. The average molecular weight is 199 g/mol. The lowest BCUT2D eigenvalue weighted by molar-refractivity contribution is -0.140. The lowest BCUT2D eigenvalue weighted by Gasteiger charge is -1.98. The Hall–Kier alpha value is -0.660. The zero-order chi connectivity index (χ0) is 8.91. The molecule has 74 valence electrons. The summed E-state index contributed by atoms with van der Waals surface area (Å²) in [6, 6.07) is 0. The van der Waals surface area contributed by atoms with Crippen molar-refractivity contribution >= 4 is 16.1 Å². The molecule has 0 atom stereocenters. The predicted molar refractivity (Wildman–Crippen MR) is 42.7 cm³/mol. The van der Waals surface area contributed by atoms with Gasteiger partial charge in [-0.2, -0.15) is 8.42 Å². The van der Waals surface area contributed by atoms with E-state index in [0.29, 0.717) is 0 Å². The molecule has 0 spiro atoms. The number of hydrogen-bond donors (Lipinski definition) is 2. The number of rotatable bonds is 4. The van der Waals surface area contributed by atoms with E-state index in [-0.39, 0.29) is 24.9 Å². The Labute approximate surface area is 71.2 Å². The Kier molecular flexibility index (Phi) is 6.86. The summed E-state index contributed by atoms with van der Waals surface area (Å²) in [5.74, 6) is -0.833. The molecule has 0 fully saturated rings. The summed E-state index contributed by atoms with van der Waals surface area (Å²) in [4.78, 5) is 10.1. The highest BCUT2D eigenvalue weighted by Crippen LogP contribution is 1.89. The average Bonchev–Trinajstić information content (AvgIpc) is 1.78. The quantitative estimate of drug-likeness (QED) is 0.373. The van der Waals surface area contributed by atoms with E-state index in [9.17, 15) is 13.2 Å². The van der Waals surface area contributed by atoms with E-state index in [1.807, 2.05) is 0 Å². The highest BCUT2D eigenvalue weighted by Gasteiger charge is 2.03. The van der Waals surface area contributed by atoms with Gasteiger partial charge >= 0.3 is 5.97 Å². The van der Waals surface area contributed by atoms with E-state index >= 15 is 0 Å². The van der Waals surface area contributed by atoms with Gasteiger partial charge in [-0.3, -0.25) is 9.35 Å². The van der Waals surface area contributed by atoms with Crippen LogP contribution in [0.5, 0.6) is 0 Å². The smallest absolute Gasteiger partial charge is 0.302 e. The van der Waals surface area contributed by atoms with Crippen LogP contribution in [-0.2, 0) is 19.6 Å². The fraction of sp³-hybridized carbons (Fsp3) is 0.800. The highest BCUT2D eigenvalue weighted by atomic mass is 32.2. The van der Waals surface area contributed by atoms with Crippen LogP contribution < -0.4 is 6.15 Å². The van der Waals surface area contributed by atoms with E-state index < -0.39 is 16.1 Å². The van der Waals surface area contributed by atoms with Crippen LogP contribution in [0.2, 0.25) is 0 Å². The molecule has 6 nitrogen and oxygen atoms in total. The Morgan fingerprint density at radius 2 is 2.00 bits per heavy atom. The molecule has 0 saturated carbocycles. The number of carbonyl (C=O) groups is 1. The molecule has 7 heteroatoms. The molecule has 0 unspecified atom stereocenters. The van der Waals surface area contributed by atoms with Gasteiger partial charge in [0.05, 0.1) is 12.4 Å². The molecule has 4 N–H and O–H groups in total. The van der Waals surface area contributed by atoms with Crippen LogP contribution in [0, 0.1) is 0 Å². The minimum absolute atomic E-state index is 0. The third-order valence-corrected chi connectivity index (χ3v) is 1.66.